The molecule has 4 rings (SSSR count). The Balaban J connectivity index is 1.60. The van der Waals surface area contributed by atoms with Gasteiger partial charge in [-0.2, -0.15) is 4.52 Å². The molecule has 0 atom stereocenters. The monoisotopic (exact) mass is 342 g/mol. The first-order chi connectivity index (χ1) is 11.7. The van der Waals surface area contributed by atoms with E-state index in [0.717, 1.165) is 25.1 Å². The normalized spacial score (nSPS) is 15.9. The summed E-state index contributed by atoms with van der Waals surface area (Å²) in [5, 5.41) is 8.45. The third kappa shape index (κ3) is 2.45. The molecule has 7 heteroatoms. The molecule has 24 heavy (non-hydrogen) atoms. The van der Waals surface area contributed by atoms with Gasteiger partial charge in [0.1, 0.15) is 5.75 Å². The van der Waals surface area contributed by atoms with Gasteiger partial charge in [0.2, 0.25) is 10.1 Å². The lowest BCUT2D eigenvalue weighted by Gasteiger charge is -2.43. The Hall–Kier alpha value is -2.41. The van der Waals surface area contributed by atoms with Gasteiger partial charge in [0, 0.05) is 29.8 Å². The summed E-state index contributed by atoms with van der Waals surface area (Å²) in [5.41, 5.74) is 1.14. The number of benzene rings is 1. The molecule has 0 unspecified atom stereocenters. The summed E-state index contributed by atoms with van der Waals surface area (Å²) < 4.78 is 6.88. The molecule has 2 aromatic heterocycles. The van der Waals surface area contributed by atoms with Crippen LogP contribution in [-0.2, 0) is 5.41 Å². The first-order valence-electron chi connectivity index (χ1n) is 7.94. The number of hydrogen-bond donors (Lipinski definition) is 1. The standard InChI is InChI=1S/C17H18N4O2S/c1-23-13-6-3-2-5-12(13)17(8-4-9-17)11-19-15-20-21-14(22)7-10-18-16(21)24-15/h2-3,5-7,10H,4,8-9,11H2,1H3,(H,19,20). The maximum absolute atomic E-state index is 11.8. The molecule has 124 valence electrons. The van der Waals surface area contributed by atoms with E-state index in [1.807, 2.05) is 12.1 Å². The van der Waals surface area contributed by atoms with E-state index in [1.54, 1.807) is 7.11 Å². The minimum absolute atomic E-state index is 0.0584. The summed E-state index contributed by atoms with van der Waals surface area (Å²) in [6.45, 7) is 0.766. The summed E-state index contributed by atoms with van der Waals surface area (Å²) in [4.78, 5) is 16.6. The van der Waals surface area contributed by atoms with Gasteiger partial charge < -0.3 is 10.1 Å². The van der Waals surface area contributed by atoms with Gasteiger partial charge in [-0.05, 0) is 18.9 Å². The van der Waals surface area contributed by atoms with Crippen molar-refractivity contribution in [1.29, 1.82) is 0 Å². The van der Waals surface area contributed by atoms with Gasteiger partial charge in [-0.25, -0.2) is 4.98 Å². The third-order valence-corrected chi connectivity index (χ3v) is 5.62. The number of ether oxygens (including phenoxy) is 1. The predicted molar refractivity (Wildman–Crippen MR) is 94.1 cm³/mol. The van der Waals surface area contributed by atoms with Crippen molar-refractivity contribution in [3.05, 3.63) is 52.4 Å². The number of fused-ring (bicyclic) bond motifs is 1. The SMILES string of the molecule is COc1ccccc1C1(CNc2nn3c(=O)ccnc3s2)CCC1. The Labute approximate surface area is 143 Å². The van der Waals surface area contributed by atoms with E-state index >= 15 is 0 Å². The summed E-state index contributed by atoms with van der Waals surface area (Å²) in [6.07, 6.45) is 4.95. The smallest absolute Gasteiger partial charge is 0.275 e. The number of aromatic nitrogens is 3. The topological polar surface area (TPSA) is 68.5 Å². The van der Waals surface area contributed by atoms with Crippen LogP contribution in [0.15, 0.2) is 41.3 Å². The number of nitrogens with zero attached hydrogens (tertiary/aromatic N) is 3. The molecule has 6 nitrogen and oxygen atoms in total. The van der Waals surface area contributed by atoms with Crippen molar-refractivity contribution >= 4 is 21.4 Å². The van der Waals surface area contributed by atoms with Crippen molar-refractivity contribution < 1.29 is 4.74 Å². The Morgan fingerprint density at radius 2 is 2.17 bits per heavy atom. The molecule has 2 heterocycles. The molecule has 1 fully saturated rings. The van der Waals surface area contributed by atoms with Gasteiger partial charge in [0.15, 0.2) is 0 Å². The van der Waals surface area contributed by atoms with Crippen molar-refractivity contribution in [1.82, 2.24) is 14.6 Å². The van der Waals surface area contributed by atoms with Crippen LogP contribution in [0.4, 0.5) is 5.13 Å². The van der Waals surface area contributed by atoms with Gasteiger partial charge >= 0.3 is 0 Å². The van der Waals surface area contributed by atoms with Crippen LogP contribution in [0.25, 0.3) is 4.96 Å². The van der Waals surface area contributed by atoms with Gasteiger partial charge in [-0.15, -0.1) is 5.10 Å². The summed E-state index contributed by atoms with van der Waals surface area (Å²) >= 11 is 1.39. The zero-order valence-corrected chi connectivity index (χ0v) is 14.2. The summed E-state index contributed by atoms with van der Waals surface area (Å²) in [6, 6.07) is 9.62. The Morgan fingerprint density at radius 1 is 1.33 bits per heavy atom. The van der Waals surface area contributed by atoms with Crippen LogP contribution in [0.3, 0.4) is 0 Å². The fraction of sp³-hybridized carbons (Fsp3) is 0.353. The number of anilines is 1. The van der Waals surface area contributed by atoms with Crippen molar-refractivity contribution in [3.8, 4) is 5.75 Å². The lowest BCUT2D eigenvalue weighted by atomic mass is 9.64. The molecule has 3 aromatic rings. The molecule has 0 aliphatic heterocycles. The second kappa shape index (κ2) is 5.90. The highest BCUT2D eigenvalue weighted by molar-refractivity contribution is 7.20. The Kier molecular flexibility index (Phi) is 3.72. The molecule has 1 aliphatic carbocycles. The van der Waals surface area contributed by atoms with E-state index in [4.69, 9.17) is 4.74 Å². The Morgan fingerprint density at radius 3 is 2.88 bits per heavy atom. The van der Waals surface area contributed by atoms with E-state index in [0.29, 0.717) is 10.1 Å². The van der Waals surface area contributed by atoms with Gasteiger partial charge in [0.05, 0.1) is 7.11 Å². The molecular formula is C17H18N4O2S. The van der Waals surface area contributed by atoms with Crippen molar-refractivity contribution in [3.63, 3.8) is 0 Å². The average molecular weight is 342 g/mol. The van der Waals surface area contributed by atoms with Crippen LogP contribution >= 0.6 is 11.3 Å². The molecule has 0 bridgehead atoms. The number of nitrogens with one attached hydrogen (secondary N) is 1. The Bertz CT molecular complexity index is 929. The fourth-order valence-electron chi connectivity index (χ4n) is 3.29. The first kappa shape index (κ1) is 15.1. The van der Waals surface area contributed by atoms with Crippen LogP contribution in [0.2, 0.25) is 0 Å². The molecule has 0 amide bonds. The zero-order chi connectivity index (χ0) is 16.6. The quantitative estimate of drug-likeness (QED) is 0.772. The summed E-state index contributed by atoms with van der Waals surface area (Å²) in [5.74, 6) is 0.932. The van der Waals surface area contributed by atoms with Crippen LogP contribution in [-0.4, -0.2) is 28.3 Å². The molecule has 0 radical (unpaired) electrons. The second-order valence-electron chi connectivity index (χ2n) is 6.07. The molecule has 1 aliphatic rings. The first-order valence-corrected chi connectivity index (χ1v) is 8.76. The van der Waals surface area contributed by atoms with Crippen LogP contribution in [0.1, 0.15) is 24.8 Å². The molecule has 0 saturated heterocycles. The van der Waals surface area contributed by atoms with E-state index in [1.165, 1.54) is 40.1 Å². The van der Waals surface area contributed by atoms with Crippen molar-refractivity contribution in [2.75, 3.05) is 19.0 Å². The van der Waals surface area contributed by atoms with Gasteiger partial charge in [-0.3, -0.25) is 4.79 Å². The third-order valence-electron chi connectivity index (χ3n) is 4.74. The van der Waals surface area contributed by atoms with E-state index in [2.05, 4.69) is 27.5 Å². The minimum atomic E-state index is -0.160. The molecular weight excluding hydrogens is 324 g/mol. The van der Waals surface area contributed by atoms with Crippen LogP contribution < -0.4 is 15.6 Å². The van der Waals surface area contributed by atoms with Crippen LogP contribution in [0.5, 0.6) is 5.75 Å². The van der Waals surface area contributed by atoms with E-state index < -0.39 is 0 Å². The number of methoxy groups -OCH3 is 1. The molecule has 1 saturated carbocycles. The number of para-hydroxylation sites is 1. The van der Waals surface area contributed by atoms with Crippen molar-refractivity contribution in [2.24, 2.45) is 0 Å². The molecule has 1 aromatic carbocycles. The molecule has 1 N–H and O–H groups in total. The average Bonchev–Trinajstić information content (AvgIpc) is 2.99. The number of hydrogen-bond acceptors (Lipinski definition) is 6. The second-order valence-corrected chi connectivity index (χ2v) is 7.03. The van der Waals surface area contributed by atoms with Gasteiger partial charge in [-0.1, -0.05) is 36.0 Å². The fourth-order valence-corrected chi connectivity index (χ4v) is 4.06. The minimum Gasteiger partial charge on any atom is -0.496 e. The van der Waals surface area contributed by atoms with Crippen LogP contribution in [0, 0.1) is 0 Å². The lowest BCUT2D eigenvalue weighted by molar-refractivity contribution is 0.250. The maximum Gasteiger partial charge on any atom is 0.275 e. The highest BCUT2D eigenvalue weighted by atomic mass is 32.1. The zero-order valence-electron chi connectivity index (χ0n) is 13.4. The maximum atomic E-state index is 11.8. The molecule has 0 spiro atoms. The largest absolute Gasteiger partial charge is 0.496 e. The van der Waals surface area contributed by atoms with E-state index in [9.17, 15) is 4.79 Å². The highest BCUT2D eigenvalue weighted by Crippen LogP contribution is 2.47. The van der Waals surface area contributed by atoms with Gasteiger partial charge in [0.25, 0.3) is 5.56 Å². The van der Waals surface area contributed by atoms with Crippen molar-refractivity contribution in [2.45, 2.75) is 24.7 Å². The van der Waals surface area contributed by atoms with E-state index in [-0.39, 0.29) is 11.0 Å². The summed E-state index contributed by atoms with van der Waals surface area (Å²) in [7, 11) is 1.71. The number of rotatable bonds is 5. The lowest BCUT2D eigenvalue weighted by Crippen LogP contribution is -2.41. The predicted octanol–water partition coefficient (Wildman–Crippen LogP) is 2.69. The highest BCUT2D eigenvalue weighted by Gasteiger charge is 2.40.